The van der Waals surface area contributed by atoms with Gasteiger partial charge >= 0.3 is 5.97 Å². The summed E-state index contributed by atoms with van der Waals surface area (Å²) in [5, 5.41) is 8.54. The SMILES string of the molecule is [2H][13C@H]([15N]=C(N)N)[13C@@H]([2H])[13C]([2H])([2H])[13C@H]([15NH2])[13C](=O)O. The molecular formula is C6H14N4O2. The van der Waals surface area contributed by atoms with Crippen LogP contribution in [0, 0.1) is 0 Å². The van der Waals surface area contributed by atoms with Crippen molar-refractivity contribution in [3.05, 3.63) is 0 Å². The summed E-state index contributed by atoms with van der Waals surface area (Å²) < 4.78 is 29.3. The van der Waals surface area contributed by atoms with Crippen LogP contribution in [0.1, 0.15) is 18.3 Å². The van der Waals surface area contributed by atoms with Crippen LogP contribution in [-0.4, -0.2) is 29.6 Å². The molecule has 0 aromatic heterocycles. The van der Waals surface area contributed by atoms with Crippen LogP contribution < -0.4 is 17.2 Å². The highest BCUT2D eigenvalue weighted by Crippen LogP contribution is 1.94. The summed E-state index contributed by atoms with van der Waals surface area (Å²) in [4.78, 5) is 13.7. The number of nitrogens with two attached hydrogens (primary N) is 3. The van der Waals surface area contributed by atoms with Crippen LogP contribution in [0.15, 0.2) is 4.99 Å². The summed E-state index contributed by atoms with van der Waals surface area (Å²) in [7, 11) is 0. The molecule has 0 fully saturated rings. The van der Waals surface area contributed by atoms with Gasteiger partial charge in [0.1, 0.15) is 6.04 Å². The number of rotatable bonds is 5. The monoisotopic (exact) mass is 185 g/mol. The summed E-state index contributed by atoms with van der Waals surface area (Å²) in [6.45, 7) is -1.63. The zero-order chi connectivity index (χ0) is 13.1. The second kappa shape index (κ2) is 5.36. The van der Waals surface area contributed by atoms with E-state index in [0.717, 1.165) is 0 Å². The smallest absolute Gasteiger partial charge is 0.320 e. The first-order valence-corrected chi connectivity index (χ1v) is 3.02. The van der Waals surface area contributed by atoms with Crippen molar-refractivity contribution in [3.8, 4) is 0 Å². The minimum absolute atomic E-state index is 0.475. The molecule has 0 saturated carbocycles. The van der Waals surface area contributed by atoms with Crippen molar-refractivity contribution in [2.24, 2.45) is 22.2 Å². The first-order valence-electron chi connectivity index (χ1n) is 5.17. The molecule has 0 aliphatic heterocycles. The van der Waals surface area contributed by atoms with Crippen LogP contribution in [-0.2, 0) is 4.79 Å². The Balaban J connectivity index is 4.88. The summed E-state index contributed by atoms with van der Waals surface area (Å²) >= 11 is 0. The van der Waals surface area contributed by atoms with Crippen LogP contribution in [0.25, 0.3) is 0 Å². The van der Waals surface area contributed by atoms with E-state index in [1.165, 1.54) is 0 Å². The number of hydrogen-bond acceptors (Lipinski definition) is 3. The van der Waals surface area contributed by atoms with Crippen LogP contribution in [0.2, 0.25) is 0 Å². The highest BCUT2D eigenvalue weighted by molar-refractivity contribution is 5.75. The number of aliphatic imine (C=N–C) groups is 1. The lowest BCUT2D eigenvalue weighted by atomic mass is 11.1. The van der Waals surface area contributed by atoms with E-state index in [2.05, 4.69) is 4.99 Å². The van der Waals surface area contributed by atoms with Gasteiger partial charge < -0.3 is 22.3 Å². The molecule has 6 heteroatoms. The molecule has 0 aromatic carbocycles. The van der Waals surface area contributed by atoms with E-state index in [0.29, 0.717) is 0 Å². The molecule has 0 aromatic rings. The molecule has 7 N–H and O–H groups in total. The van der Waals surface area contributed by atoms with Gasteiger partial charge in [0.2, 0.25) is 0 Å². The topological polar surface area (TPSA) is 128 Å². The molecule has 0 rings (SSSR count). The van der Waals surface area contributed by atoms with E-state index in [-0.39, 0.29) is 0 Å². The molecule has 70 valence electrons. The van der Waals surface area contributed by atoms with Crippen LogP contribution in [0.4, 0.5) is 0 Å². The lowest BCUT2D eigenvalue weighted by molar-refractivity contribution is -0.138. The highest BCUT2D eigenvalue weighted by Gasteiger charge is 2.09. The number of hydrogen-bond donors (Lipinski definition) is 4. The predicted molar refractivity (Wildman–Crippen MR) is 45.5 cm³/mol. The summed E-state index contributed by atoms with van der Waals surface area (Å²) in [5.41, 5.74) is 15.0. The lowest BCUT2D eigenvalue weighted by Crippen LogP contribution is -2.30. The van der Waals surface area contributed by atoms with Gasteiger partial charge in [-0.05, 0) is 12.8 Å². The Labute approximate surface area is 76.1 Å². The Morgan fingerprint density at radius 2 is 2.25 bits per heavy atom. The maximum Gasteiger partial charge on any atom is 0.320 e. The minimum atomic E-state index is -2.61. The molecule has 0 spiro atoms. The molecule has 0 aliphatic rings. The number of nitrogens with zero attached hydrogens (tertiary/aromatic N) is 1. The minimum Gasteiger partial charge on any atom is -0.480 e. The third-order valence-electron chi connectivity index (χ3n) is 0.840. The third-order valence-corrected chi connectivity index (χ3v) is 0.840. The van der Waals surface area contributed by atoms with E-state index in [1.807, 2.05) is 0 Å². The van der Waals surface area contributed by atoms with Gasteiger partial charge in [0, 0.05) is 10.6 Å². The number of carboxylic acid groups (broad SMARTS) is 1. The van der Waals surface area contributed by atoms with Gasteiger partial charge in [-0.15, -0.1) is 0 Å². The van der Waals surface area contributed by atoms with E-state index >= 15 is 0 Å². The predicted octanol–water partition coefficient (Wildman–Crippen LogP) is -1.55. The van der Waals surface area contributed by atoms with E-state index in [1.54, 1.807) is 0 Å². The van der Waals surface area contributed by atoms with Gasteiger partial charge in [-0.3, -0.25) is 9.79 Å². The second-order valence-electron chi connectivity index (χ2n) is 1.85. The normalized spacial score (nSPS) is 23.4. The van der Waals surface area contributed by atoms with Crippen LogP contribution in [0.5, 0.6) is 0 Å². The fourth-order valence-electron chi connectivity index (χ4n) is 0.341. The standard InChI is InChI=1S/C6H14N4O2/c7-4(5(11)12)2-1-3-10-6(8)9/h4H,1-3,7H2,(H,11,12)(H4,8,9,10)/t4-/m0/s1/i1+1D,2+1D2,3+1D,4+1,5+1,7+1,10+1/t1-,3-,4-. The maximum atomic E-state index is 10.5. The maximum absolute atomic E-state index is 10.5. The van der Waals surface area contributed by atoms with Gasteiger partial charge in [-0.1, -0.05) is 0 Å². The van der Waals surface area contributed by atoms with Gasteiger partial charge in [0.25, 0.3) is 0 Å². The number of aliphatic carboxylic acids is 1. The number of carbonyl (C=O) groups is 1. The van der Waals surface area contributed by atoms with Crippen molar-refractivity contribution in [1.29, 1.82) is 0 Å². The van der Waals surface area contributed by atoms with Crippen LogP contribution in [0.3, 0.4) is 0 Å². The fourth-order valence-corrected chi connectivity index (χ4v) is 0.341. The molecular weight excluding hydrogens is 167 g/mol. The van der Waals surface area contributed by atoms with Crippen molar-refractivity contribution in [2.75, 3.05) is 6.52 Å². The molecule has 6 nitrogen and oxygen atoms in total. The zero-order valence-electron chi connectivity index (χ0n) is 10.3. The number of carboxylic acids is 1. The first-order chi connectivity index (χ1) is 7.10. The molecule has 3 atom stereocenters. The summed E-state index contributed by atoms with van der Waals surface area (Å²) in [6.07, 6.45) is -4.42. The summed E-state index contributed by atoms with van der Waals surface area (Å²) in [5.74, 6) is -2.07. The fraction of sp³-hybridized carbons (Fsp3) is 0.667. The van der Waals surface area contributed by atoms with Gasteiger partial charge in [-0.2, -0.15) is 0 Å². The Bertz CT molecular complexity index is 294. The first kappa shape index (κ1) is 5.36. The third kappa shape index (κ3) is 5.48. The molecule has 0 unspecified atom stereocenters. The summed E-state index contributed by atoms with van der Waals surface area (Å²) in [6, 6.07) is -1.92. The van der Waals surface area contributed by atoms with E-state index in [9.17, 15) is 4.79 Å². The molecule has 0 aliphatic carbocycles. The Kier molecular flexibility index (Phi) is 2.40. The Morgan fingerprint density at radius 1 is 1.67 bits per heavy atom. The van der Waals surface area contributed by atoms with Gasteiger partial charge in [0.15, 0.2) is 5.96 Å². The highest BCUT2D eigenvalue weighted by atomic mass is 16.5. The molecule has 0 bridgehead atoms. The quantitative estimate of drug-likeness (QED) is 0.178. The van der Waals surface area contributed by atoms with Crippen molar-refractivity contribution >= 4 is 11.9 Å². The molecule has 0 radical (unpaired) electrons. The average molecular weight is 185 g/mol. The second-order valence-corrected chi connectivity index (χ2v) is 1.85. The Hall–Kier alpha value is -1.30. The molecule has 0 saturated heterocycles. The molecule has 0 heterocycles. The molecule has 0 amide bonds. The molecule has 12 heavy (non-hydrogen) atoms. The van der Waals surface area contributed by atoms with Gasteiger partial charge in [0.05, 0.1) is 1.37 Å². The van der Waals surface area contributed by atoms with Crippen molar-refractivity contribution in [1.82, 2.24) is 0 Å². The Morgan fingerprint density at radius 3 is 2.67 bits per heavy atom. The largest absolute Gasteiger partial charge is 0.480 e. The zero-order valence-corrected chi connectivity index (χ0v) is 6.27. The van der Waals surface area contributed by atoms with E-state index < -0.39 is 37.3 Å². The lowest BCUT2D eigenvalue weighted by Gasteiger charge is -2.03. The van der Waals surface area contributed by atoms with Crippen molar-refractivity contribution in [3.63, 3.8) is 0 Å². The van der Waals surface area contributed by atoms with E-state index in [4.69, 9.17) is 27.8 Å². The van der Waals surface area contributed by atoms with Crippen molar-refractivity contribution in [2.45, 2.75) is 18.8 Å². The van der Waals surface area contributed by atoms with Crippen molar-refractivity contribution < 1.29 is 15.4 Å². The van der Waals surface area contributed by atoms with Gasteiger partial charge in [-0.25, -0.2) is 0 Å². The average Bonchev–Trinajstić information content (AvgIpc) is 2.13. The van der Waals surface area contributed by atoms with Crippen LogP contribution >= 0.6 is 0 Å². The number of guanidine groups is 1.